The first-order valence-corrected chi connectivity index (χ1v) is 9.99. The molecule has 1 aliphatic heterocycles. The lowest BCUT2D eigenvalue weighted by Gasteiger charge is -2.30. The van der Waals surface area contributed by atoms with Crippen molar-refractivity contribution in [2.75, 3.05) is 10.6 Å². The van der Waals surface area contributed by atoms with Crippen LogP contribution in [0.4, 0.5) is 11.6 Å². The zero-order valence-corrected chi connectivity index (χ0v) is 16.9. The van der Waals surface area contributed by atoms with E-state index < -0.39 is 0 Å². The van der Waals surface area contributed by atoms with E-state index in [1.54, 1.807) is 0 Å². The second-order valence-corrected chi connectivity index (χ2v) is 7.59. The Labute approximate surface area is 175 Å². The molecule has 0 saturated heterocycles. The van der Waals surface area contributed by atoms with Gasteiger partial charge < -0.3 is 10.6 Å². The first-order chi connectivity index (χ1) is 14.6. The quantitative estimate of drug-likeness (QED) is 0.497. The van der Waals surface area contributed by atoms with Crippen molar-refractivity contribution >= 4 is 28.6 Å². The van der Waals surface area contributed by atoms with E-state index in [9.17, 15) is 4.79 Å². The molecule has 1 atom stereocenters. The molecule has 5 nitrogen and oxygen atoms in total. The molecule has 5 rings (SSSR count). The van der Waals surface area contributed by atoms with E-state index in [1.165, 1.54) is 5.56 Å². The third kappa shape index (κ3) is 3.05. The van der Waals surface area contributed by atoms with Crippen molar-refractivity contribution in [1.29, 1.82) is 0 Å². The van der Waals surface area contributed by atoms with Crippen molar-refractivity contribution in [3.8, 4) is 0 Å². The summed E-state index contributed by atoms with van der Waals surface area (Å²) < 4.78 is 2.12. The number of nitrogens with one attached hydrogen (secondary N) is 2. The zero-order valence-electron chi connectivity index (χ0n) is 16.9. The van der Waals surface area contributed by atoms with Gasteiger partial charge in [0.15, 0.2) is 0 Å². The Balaban J connectivity index is 1.68. The van der Waals surface area contributed by atoms with Gasteiger partial charge in [-0.1, -0.05) is 60.2 Å². The summed E-state index contributed by atoms with van der Waals surface area (Å²) in [7, 11) is 0. The van der Waals surface area contributed by atoms with Crippen molar-refractivity contribution in [1.82, 2.24) is 9.55 Å². The third-order valence-electron chi connectivity index (χ3n) is 5.50. The lowest BCUT2D eigenvalue weighted by atomic mass is 9.93. The molecule has 2 heterocycles. The number of amides is 1. The van der Waals surface area contributed by atoms with Crippen molar-refractivity contribution in [2.45, 2.75) is 19.9 Å². The van der Waals surface area contributed by atoms with E-state index >= 15 is 0 Å². The maximum absolute atomic E-state index is 13.5. The summed E-state index contributed by atoms with van der Waals surface area (Å²) in [6.07, 6.45) is 0. The van der Waals surface area contributed by atoms with Crippen LogP contribution < -0.4 is 10.6 Å². The van der Waals surface area contributed by atoms with Gasteiger partial charge in [0, 0.05) is 11.4 Å². The van der Waals surface area contributed by atoms with Crippen LogP contribution in [0.15, 0.2) is 90.1 Å². The van der Waals surface area contributed by atoms with E-state index in [-0.39, 0.29) is 11.9 Å². The highest BCUT2D eigenvalue weighted by Gasteiger charge is 2.34. The Morgan fingerprint density at radius 2 is 1.63 bits per heavy atom. The van der Waals surface area contributed by atoms with Crippen molar-refractivity contribution in [3.63, 3.8) is 0 Å². The van der Waals surface area contributed by atoms with Gasteiger partial charge in [-0.15, -0.1) is 0 Å². The number of nitrogens with zero attached hydrogens (tertiary/aromatic N) is 2. The Bertz CT molecular complexity index is 1270. The van der Waals surface area contributed by atoms with Gasteiger partial charge in [0.1, 0.15) is 0 Å². The molecule has 2 N–H and O–H groups in total. The second-order valence-electron chi connectivity index (χ2n) is 7.59. The molecule has 0 fully saturated rings. The standard InChI is InChI=1S/C25H22N4O/c1-16-12-14-18(15-13-16)23-22(24(30)27-19-8-4-3-5-9-19)17(2)26-25-28-20-10-6-7-11-21(20)29(23)25/h3-15,23H,1-2H3,(H,26,28)(H,27,30). The number of imidazole rings is 1. The minimum atomic E-state index is -0.280. The smallest absolute Gasteiger partial charge is 0.255 e. The van der Waals surface area contributed by atoms with Gasteiger partial charge in [0.05, 0.1) is 22.6 Å². The first kappa shape index (κ1) is 18.2. The average Bonchev–Trinajstić information content (AvgIpc) is 3.12. The number of hydrogen-bond donors (Lipinski definition) is 2. The minimum absolute atomic E-state index is 0.125. The second kappa shape index (κ2) is 7.19. The summed E-state index contributed by atoms with van der Waals surface area (Å²) in [5.41, 5.74) is 6.36. The van der Waals surface area contributed by atoms with Crippen LogP contribution in [0.1, 0.15) is 24.1 Å². The first-order valence-electron chi connectivity index (χ1n) is 9.99. The molecular formula is C25H22N4O. The number of allylic oxidation sites excluding steroid dienone is 1. The summed E-state index contributed by atoms with van der Waals surface area (Å²) in [4.78, 5) is 18.2. The highest BCUT2D eigenvalue weighted by Crippen LogP contribution is 2.39. The Morgan fingerprint density at radius 1 is 0.933 bits per heavy atom. The Kier molecular flexibility index (Phi) is 4.36. The molecule has 0 aliphatic carbocycles. The van der Waals surface area contributed by atoms with Crippen LogP contribution in [0.5, 0.6) is 0 Å². The lowest BCUT2D eigenvalue weighted by Crippen LogP contribution is -2.30. The highest BCUT2D eigenvalue weighted by molar-refractivity contribution is 6.06. The van der Waals surface area contributed by atoms with Gasteiger partial charge in [-0.2, -0.15) is 0 Å². The third-order valence-corrected chi connectivity index (χ3v) is 5.50. The predicted octanol–water partition coefficient (Wildman–Crippen LogP) is 5.27. The normalized spacial score (nSPS) is 15.6. The number of carbonyl (C=O) groups excluding carboxylic acids is 1. The predicted molar refractivity (Wildman–Crippen MR) is 120 cm³/mol. The van der Waals surface area contributed by atoms with E-state index in [4.69, 9.17) is 4.98 Å². The SMILES string of the molecule is CC1=C(C(=O)Nc2ccccc2)C(c2ccc(C)cc2)n2c(nc3ccccc32)N1. The van der Waals surface area contributed by atoms with E-state index in [1.807, 2.05) is 61.5 Å². The van der Waals surface area contributed by atoms with Gasteiger partial charge >= 0.3 is 0 Å². The summed E-state index contributed by atoms with van der Waals surface area (Å²) in [5, 5.41) is 6.40. The average molecular weight is 394 g/mol. The number of carbonyl (C=O) groups is 1. The van der Waals surface area contributed by atoms with Crippen LogP contribution in [0.3, 0.4) is 0 Å². The molecule has 148 valence electrons. The van der Waals surface area contributed by atoms with Crippen LogP contribution in [-0.4, -0.2) is 15.5 Å². The maximum atomic E-state index is 13.5. The molecule has 1 aromatic heterocycles. The van der Waals surface area contributed by atoms with Crippen molar-refractivity contribution < 1.29 is 4.79 Å². The molecule has 1 amide bonds. The zero-order chi connectivity index (χ0) is 20.7. The van der Waals surface area contributed by atoms with Crippen LogP contribution in [0.25, 0.3) is 11.0 Å². The Hall–Kier alpha value is -3.86. The molecule has 0 bridgehead atoms. The van der Waals surface area contributed by atoms with Crippen LogP contribution in [0.2, 0.25) is 0 Å². The number of fused-ring (bicyclic) bond motifs is 3. The van der Waals surface area contributed by atoms with Crippen molar-refractivity contribution in [3.05, 3.63) is 101 Å². The van der Waals surface area contributed by atoms with Gasteiger partial charge in [-0.3, -0.25) is 9.36 Å². The fourth-order valence-electron chi connectivity index (χ4n) is 4.04. The molecule has 0 saturated carbocycles. The number of para-hydroxylation sites is 3. The summed E-state index contributed by atoms with van der Waals surface area (Å²) >= 11 is 0. The number of aryl methyl sites for hydroxylation is 1. The fraction of sp³-hybridized carbons (Fsp3) is 0.120. The maximum Gasteiger partial charge on any atom is 0.255 e. The summed E-state index contributed by atoms with van der Waals surface area (Å²) in [6.45, 7) is 4.00. The number of hydrogen-bond acceptors (Lipinski definition) is 3. The largest absolute Gasteiger partial charge is 0.329 e. The van der Waals surface area contributed by atoms with E-state index in [0.29, 0.717) is 5.57 Å². The van der Waals surface area contributed by atoms with Gasteiger partial charge in [0.25, 0.3) is 5.91 Å². The monoisotopic (exact) mass is 394 g/mol. The molecule has 0 radical (unpaired) electrons. The molecular weight excluding hydrogens is 372 g/mol. The fourth-order valence-corrected chi connectivity index (χ4v) is 4.04. The number of rotatable bonds is 3. The molecule has 0 spiro atoms. The van der Waals surface area contributed by atoms with Gasteiger partial charge in [-0.25, -0.2) is 4.98 Å². The molecule has 4 aromatic rings. The topological polar surface area (TPSA) is 59.0 Å². The molecule has 5 heteroatoms. The Morgan fingerprint density at radius 3 is 2.40 bits per heavy atom. The number of benzene rings is 3. The van der Waals surface area contributed by atoms with E-state index in [0.717, 1.165) is 33.9 Å². The summed E-state index contributed by atoms with van der Waals surface area (Å²) in [6, 6.07) is 25.6. The molecule has 1 unspecified atom stereocenters. The summed E-state index contributed by atoms with van der Waals surface area (Å²) in [5.74, 6) is 0.621. The molecule has 1 aliphatic rings. The number of aromatic nitrogens is 2. The van der Waals surface area contributed by atoms with Crippen molar-refractivity contribution in [2.24, 2.45) is 0 Å². The van der Waals surface area contributed by atoms with E-state index in [2.05, 4.69) is 46.4 Å². The highest BCUT2D eigenvalue weighted by atomic mass is 16.1. The van der Waals surface area contributed by atoms with Crippen LogP contribution in [-0.2, 0) is 4.79 Å². The minimum Gasteiger partial charge on any atom is -0.329 e. The number of anilines is 2. The molecule has 30 heavy (non-hydrogen) atoms. The van der Waals surface area contributed by atoms with Crippen LogP contribution in [0, 0.1) is 6.92 Å². The molecule has 3 aromatic carbocycles. The van der Waals surface area contributed by atoms with Gasteiger partial charge in [-0.05, 0) is 43.7 Å². The van der Waals surface area contributed by atoms with Gasteiger partial charge in [0.2, 0.25) is 5.95 Å². The van der Waals surface area contributed by atoms with Crippen LogP contribution >= 0.6 is 0 Å². The lowest BCUT2D eigenvalue weighted by molar-refractivity contribution is -0.113.